The van der Waals surface area contributed by atoms with Crippen LogP contribution in [0.25, 0.3) is 0 Å². The van der Waals surface area contributed by atoms with Crippen LogP contribution < -0.4 is 0 Å². The standard InChI is InChI=1S/C7H13BrO/c1-7(2,6-8)4-3-5-9/h3-4,9H,5-6H2,1-2H3/b4-3+. The van der Waals surface area contributed by atoms with Crippen LogP contribution in [0, 0.1) is 5.41 Å². The average molecular weight is 193 g/mol. The molecule has 0 bridgehead atoms. The summed E-state index contributed by atoms with van der Waals surface area (Å²) in [6, 6.07) is 0. The van der Waals surface area contributed by atoms with E-state index in [2.05, 4.69) is 29.8 Å². The predicted octanol–water partition coefficient (Wildman–Crippen LogP) is 1.96. The molecule has 0 radical (unpaired) electrons. The molecule has 0 fully saturated rings. The topological polar surface area (TPSA) is 20.2 Å². The summed E-state index contributed by atoms with van der Waals surface area (Å²) in [6.07, 6.45) is 3.77. The molecule has 0 saturated heterocycles. The van der Waals surface area contributed by atoms with Crippen LogP contribution in [0.5, 0.6) is 0 Å². The van der Waals surface area contributed by atoms with Gasteiger partial charge >= 0.3 is 0 Å². The fraction of sp³-hybridized carbons (Fsp3) is 0.714. The van der Waals surface area contributed by atoms with E-state index in [4.69, 9.17) is 5.11 Å². The maximum absolute atomic E-state index is 8.42. The quantitative estimate of drug-likeness (QED) is 0.536. The first kappa shape index (κ1) is 9.18. The lowest BCUT2D eigenvalue weighted by Crippen LogP contribution is -2.08. The first-order valence-electron chi connectivity index (χ1n) is 2.97. The number of aliphatic hydroxyl groups is 1. The van der Waals surface area contributed by atoms with Gasteiger partial charge in [-0.05, 0) is 5.41 Å². The Morgan fingerprint density at radius 1 is 1.56 bits per heavy atom. The van der Waals surface area contributed by atoms with Crippen molar-refractivity contribution in [2.75, 3.05) is 11.9 Å². The van der Waals surface area contributed by atoms with Crippen LogP contribution in [-0.2, 0) is 0 Å². The van der Waals surface area contributed by atoms with E-state index in [0.717, 1.165) is 5.33 Å². The molecule has 0 aliphatic carbocycles. The van der Waals surface area contributed by atoms with Gasteiger partial charge in [0.2, 0.25) is 0 Å². The number of alkyl halides is 1. The maximum Gasteiger partial charge on any atom is 0.0612 e. The third-order valence-corrected chi connectivity index (χ3v) is 2.46. The zero-order valence-electron chi connectivity index (χ0n) is 5.89. The van der Waals surface area contributed by atoms with E-state index < -0.39 is 0 Å². The Kier molecular flexibility index (Phi) is 4.15. The van der Waals surface area contributed by atoms with Gasteiger partial charge in [-0.1, -0.05) is 41.9 Å². The highest BCUT2D eigenvalue weighted by Gasteiger charge is 2.09. The fourth-order valence-corrected chi connectivity index (χ4v) is 0.603. The van der Waals surface area contributed by atoms with Crippen molar-refractivity contribution in [1.29, 1.82) is 0 Å². The summed E-state index contributed by atoms with van der Waals surface area (Å²) in [4.78, 5) is 0. The SMILES string of the molecule is CC(C)(/C=C/CO)CBr. The number of aliphatic hydroxyl groups excluding tert-OH is 1. The first-order chi connectivity index (χ1) is 4.12. The van der Waals surface area contributed by atoms with E-state index >= 15 is 0 Å². The molecule has 0 aromatic rings. The minimum absolute atomic E-state index is 0.135. The van der Waals surface area contributed by atoms with Crippen LogP contribution in [0.15, 0.2) is 12.2 Å². The van der Waals surface area contributed by atoms with Crippen molar-refractivity contribution in [3.63, 3.8) is 0 Å². The summed E-state index contributed by atoms with van der Waals surface area (Å²) < 4.78 is 0. The molecule has 0 aromatic carbocycles. The predicted molar refractivity (Wildman–Crippen MR) is 43.8 cm³/mol. The molecule has 0 spiro atoms. The normalized spacial score (nSPS) is 12.9. The lowest BCUT2D eigenvalue weighted by Gasteiger charge is -2.14. The molecule has 0 heterocycles. The van der Waals surface area contributed by atoms with Gasteiger partial charge in [-0.2, -0.15) is 0 Å². The molecule has 2 heteroatoms. The number of halogens is 1. The highest BCUT2D eigenvalue weighted by atomic mass is 79.9. The van der Waals surface area contributed by atoms with E-state index in [1.165, 1.54) is 0 Å². The summed E-state index contributed by atoms with van der Waals surface area (Å²) in [5.41, 5.74) is 0.169. The van der Waals surface area contributed by atoms with Gasteiger partial charge in [0.15, 0.2) is 0 Å². The lowest BCUT2D eigenvalue weighted by molar-refractivity contribution is 0.340. The summed E-state index contributed by atoms with van der Waals surface area (Å²) in [5.74, 6) is 0. The van der Waals surface area contributed by atoms with E-state index in [1.807, 2.05) is 6.08 Å². The maximum atomic E-state index is 8.42. The number of hydrogen-bond acceptors (Lipinski definition) is 1. The zero-order valence-corrected chi connectivity index (χ0v) is 7.48. The van der Waals surface area contributed by atoms with Crippen molar-refractivity contribution in [1.82, 2.24) is 0 Å². The molecule has 0 atom stereocenters. The first-order valence-corrected chi connectivity index (χ1v) is 4.09. The second-order valence-electron chi connectivity index (χ2n) is 2.71. The Labute approximate surface area is 64.9 Å². The van der Waals surface area contributed by atoms with Gasteiger partial charge in [-0.15, -0.1) is 0 Å². The molecule has 0 amide bonds. The molecular weight excluding hydrogens is 180 g/mol. The molecule has 0 aliphatic rings. The molecular formula is C7H13BrO. The van der Waals surface area contributed by atoms with Crippen molar-refractivity contribution in [2.45, 2.75) is 13.8 Å². The number of rotatable bonds is 3. The van der Waals surface area contributed by atoms with E-state index in [-0.39, 0.29) is 12.0 Å². The minimum Gasteiger partial charge on any atom is -0.392 e. The van der Waals surface area contributed by atoms with E-state index in [1.54, 1.807) is 6.08 Å². The third-order valence-electron chi connectivity index (χ3n) is 1.02. The van der Waals surface area contributed by atoms with Crippen LogP contribution in [0.2, 0.25) is 0 Å². The Hall–Kier alpha value is 0.180. The van der Waals surface area contributed by atoms with Gasteiger partial charge in [-0.25, -0.2) is 0 Å². The molecule has 0 aromatic heterocycles. The summed E-state index contributed by atoms with van der Waals surface area (Å²) in [6.45, 7) is 4.35. The Morgan fingerprint density at radius 3 is 2.44 bits per heavy atom. The van der Waals surface area contributed by atoms with Gasteiger partial charge in [-0.3, -0.25) is 0 Å². The Morgan fingerprint density at radius 2 is 2.11 bits per heavy atom. The van der Waals surface area contributed by atoms with Crippen molar-refractivity contribution in [2.24, 2.45) is 5.41 Å². The summed E-state index contributed by atoms with van der Waals surface area (Å²) in [5, 5.41) is 9.35. The van der Waals surface area contributed by atoms with Crippen molar-refractivity contribution >= 4 is 15.9 Å². The number of hydrogen-bond donors (Lipinski definition) is 1. The Balaban J connectivity index is 3.70. The molecule has 1 nitrogen and oxygen atoms in total. The van der Waals surface area contributed by atoms with Crippen molar-refractivity contribution in [3.8, 4) is 0 Å². The second-order valence-corrected chi connectivity index (χ2v) is 3.27. The zero-order chi connectivity index (χ0) is 7.33. The summed E-state index contributed by atoms with van der Waals surface area (Å²) in [7, 11) is 0. The van der Waals surface area contributed by atoms with Gasteiger partial charge in [0.25, 0.3) is 0 Å². The smallest absolute Gasteiger partial charge is 0.0612 e. The van der Waals surface area contributed by atoms with Crippen LogP contribution in [0.3, 0.4) is 0 Å². The van der Waals surface area contributed by atoms with Crippen LogP contribution in [0.4, 0.5) is 0 Å². The molecule has 9 heavy (non-hydrogen) atoms. The number of allylic oxidation sites excluding steroid dienone is 1. The van der Waals surface area contributed by atoms with E-state index in [0.29, 0.717) is 0 Å². The van der Waals surface area contributed by atoms with Crippen molar-refractivity contribution < 1.29 is 5.11 Å². The molecule has 0 rings (SSSR count). The molecule has 1 N–H and O–H groups in total. The van der Waals surface area contributed by atoms with Gasteiger partial charge in [0, 0.05) is 5.33 Å². The lowest BCUT2D eigenvalue weighted by atomic mass is 9.96. The van der Waals surface area contributed by atoms with Crippen LogP contribution in [-0.4, -0.2) is 17.0 Å². The van der Waals surface area contributed by atoms with Crippen molar-refractivity contribution in [3.05, 3.63) is 12.2 Å². The van der Waals surface area contributed by atoms with Crippen LogP contribution >= 0.6 is 15.9 Å². The monoisotopic (exact) mass is 192 g/mol. The molecule has 0 saturated carbocycles. The van der Waals surface area contributed by atoms with E-state index in [9.17, 15) is 0 Å². The van der Waals surface area contributed by atoms with Gasteiger partial charge in [0.1, 0.15) is 0 Å². The highest BCUT2D eigenvalue weighted by molar-refractivity contribution is 9.09. The molecule has 54 valence electrons. The molecule has 0 unspecified atom stereocenters. The minimum atomic E-state index is 0.135. The van der Waals surface area contributed by atoms with Gasteiger partial charge < -0.3 is 5.11 Å². The molecule has 0 aliphatic heterocycles. The summed E-state index contributed by atoms with van der Waals surface area (Å²) >= 11 is 3.37. The fourth-order valence-electron chi connectivity index (χ4n) is 0.416. The Bertz CT molecular complexity index is 97.1. The third kappa shape index (κ3) is 4.67. The average Bonchev–Trinajstić information content (AvgIpc) is 1.84. The van der Waals surface area contributed by atoms with Gasteiger partial charge in [0.05, 0.1) is 6.61 Å². The highest BCUT2D eigenvalue weighted by Crippen LogP contribution is 2.19. The second kappa shape index (κ2) is 4.07. The van der Waals surface area contributed by atoms with Crippen LogP contribution in [0.1, 0.15) is 13.8 Å². The largest absolute Gasteiger partial charge is 0.392 e.